The standard InChI is InChI=1S/C14H23N2.HI/c1-16(2)12-10-15(11-13-16)9-8-14-6-4-3-5-7-14;/h3-7H,8-13H2,1-2H3;1H/q+1;/p-1. The molecule has 1 fully saturated rings. The smallest absolute Gasteiger partial charge is 0.0912 e. The molecule has 1 aliphatic heterocycles. The Labute approximate surface area is 122 Å². The van der Waals surface area contributed by atoms with Gasteiger partial charge in [-0.05, 0) is 12.0 Å². The summed E-state index contributed by atoms with van der Waals surface area (Å²) < 4.78 is 1.18. The predicted octanol–water partition coefficient (Wildman–Crippen LogP) is -1.37. The molecule has 17 heavy (non-hydrogen) atoms. The molecule has 0 aromatic heterocycles. The van der Waals surface area contributed by atoms with Crippen LogP contribution in [0.2, 0.25) is 0 Å². The molecule has 1 saturated heterocycles. The number of piperazine rings is 1. The fourth-order valence-corrected chi connectivity index (χ4v) is 2.20. The van der Waals surface area contributed by atoms with Gasteiger partial charge in [0.25, 0.3) is 0 Å². The highest BCUT2D eigenvalue weighted by atomic mass is 127. The molecule has 0 unspecified atom stereocenters. The molecule has 0 saturated carbocycles. The highest BCUT2D eigenvalue weighted by Crippen LogP contribution is 2.08. The van der Waals surface area contributed by atoms with Crippen molar-refractivity contribution in [1.82, 2.24) is 4.90 Å². The quantitative estimate of drug-likeness (QED) is 0.482. The van der Waals surface area contributed by atoms with Gasteiger partial charge in [0.2, 0.25) is 0 Å². The van der Waals surface area contributed by atoms with E-state index in [-0.39, 0.29) is 24.0 Å². The van der Waals surface area contributed by atoms with Gasteiger partial charge in [-0.25, -0.2) is 0 Å². The van der Waals surface area contributed by atoms with Gasteiger partial charge in [-0.3, -0.25) is 4.90 Å². The van der Waals surface area contributed by atoms with Crippen LogP contribution in [0.4, 0.5) is 0 Å². The zero-order chi connectivity index (χ0) is 11.4. The van der Waals surface area contributed by atoms with Gasteiger partial charge in [-0.1, -0.05) is 30.3 Å². The number of hydrogen-bond donors (Lipinski definition) is 0. The molecular formula is C14H23IN2. The minimum Gasteiger partial charge on any atom is -1.00 e. The van der Waals surface area contributed by atoms with Crippen LogP contribution in [0.3, 0.4) is 0 Å². The lowest BCUT2D eigenvalue weighted by atomic mass is 10.1. The van der Waals surface area contributed by atoms with Gasteiger partial charge in [-0.2, -0.15) is 0 Å². The van der Waals surface area contributed by atoms with E-state index in [1.165, 1.54) is 49.2 Å². The Balaban J connectivity index is 0.00000144. The molecule has 1 aliphatic rings. The lowest BCUT2D eigenvalue weighted by molar-refractivity contribution is -0.894. The van der Waals surface area contributed by atoms with E-state index in [9.17, 15) is 0 Å². The maximum atomic E-state index is 2.59. The lowest BCUT2D eigenvalue weighted by Gasteiger charge is -2.39. The summed E-state index contributed by atoms with van der Waals surface area (Å²) in [6.45, 7) is 6.28. The number of nitrogens with zero attached hydrogens (tertiary/aromatic N) is 2. The topological polar surface area (TPSA) is 3.24 Å². The van der Waals surface area contributed by atoms with Crippen LogP contribution in [0.25, 0.3) is 0 Å². The lowest BCUT2D eigenvalue weighted by Crippen LogP contribution is -3.00. The molecule has 3 heteroatoms. The molecule has 0 N–H and O–H groups in total. The summed E-state index contributed by atoms with van der Waals surface area (Å²) in [5.74, 6) is 0. The first-order valence-electron chi connectivity index (χ1n) is 6.24. The second kappa shape index (κ2) is 6.71. The number of likely N-dealkylation sites (N-methyl/N-ethyl adjacent to an activating group) is 1. The number of quaternary nitrogens is 1. The fourth-order valence-electron chi connectivity index (χ4n) is 2.20. The Hall–Kier alpha value is -0.130. The summed E-state index contributed by atoms with van der Waals surface area (Å²) >= 11 is 0. The highest BCUT2D eigenvalue weighted by molar-refractivity contribution is 5.14. The van der Waals surface area contributed by atoms with E-state index in [4.69, 9.17) is 0 Å². The molecule has 0 aliphatic carbocycles. The first kappa shape index (κ1) is 14.9. The van der Waals surface area contributed by atoms with E-state index in [1.54, 1.807) is 0 Å². The molecule has 0 bridgehead atoms. The van der Waals surface area contributed by atoms with Crippen LogP contribution in [0.1, 0.15) is 5.56 Å². The van der Waals surface area contributed by atoms with Gasteiger partial charge in [0, 0.05) is 19.6 Å². The molecule has 1 heterocycles. The van der Waals surface area contributed by atoms with Crippen molar-refractivity contribution in [2.24, 2.45) is 0 Å². The van der Waals surface area contributed by atoms with E-state index in [0.29, 0.717) is 0 Å². The van der Waals surface area contributed by atoms with Crippen molar-refractivity contribution in [3.63, 3.8) is 0 Å². The van der Waals surface area contributed by atoms with Crippen molar-refractivity contribution in [3.8, 4) is 0 Å². The third-order valence-corrected chi connectivity index (χ3v) is 3.60. The normalized spacial score (nSPS) is 19.6. The van der Waals surface area contributed by atoms with Crippen LogP contribution in [0.15, 0.2) is 30.3 Å². The molecule has 1 aromatic carbocycles. The van der Waals surface area contributed by atoms with Gasteiger partial charge in [0.15, 0.2) is 0 Å². The zero-order valence-corrected chi connectivity index (χ0v) is 13.1. The first-order chi connectivity index (χ1) is 7.66. The van der Waals surface area contributed by atoms with Gasteiger partial charge in [-0.15, -0.1) is 0 Å². The maximum absolute atomic E-state index is 2.59. The summed E-state index contributed by atoms with van der Waals surface area (Å²) in [4.78, 5) is 2.59. The van der Waals surface area contributed by atoms with E-state index in [1.807, 2.05) is 0 Å². The van der Waals surface area contributed by atoms with Crippen LogP contribution < -0.4 is 24.0 Å². The van der Waals surface area contributed by atoms with Crippen molar-refractivity contribution >= 4 is 0 Å². The largest absolute Gasteiger partial charge is 1.00 e. The SMILES string of the molecule is C[N+]1(C)CCN(CCc2ccccc2)CC1.[I-]. The summed E-state index contributed by atoms with van der Waals surface area (Å²) in [5.41, 5.74) is 1.46. The average Bonchev–Trinajstić information content (AvgIpc) is 2.29. The van der Waals surface area contributed by atoms with Crippen LogP contribution >= 0.6 is 0 Å². The zero-order valence-electron chi connectivity index (χ0n) is 10.9. The number of halogens is 1. The third kappa shape index (κ3) is 4.94. The molecule has 0 atom stereocenters. The minimum atomic E-state index is 0. The Morgan fingerprint density at radius 3 is 2.24 bits per heavy atom. The first-order valence-corrected chi connectivity index (χ1v) is 6.24. The van der Waals surface area contributed by atoms with E-state index >= 15 is 0 Å². The molecule has 2 rings (SSSR count). The van der Waals surface area contributed by atoms with E-state index in [2.05, 4.69) is 49.3 Å². The molecule has 0 radical (unpaired) electrons. The highest BCUT2D eigenvalue weighted by Gasteiger charge is 2.23. The monoisotopic (exact) mass is 346 g/mol. The summed E-state index contributed by atoms with van der Waals surface area (Å²) in [5, 5.41) is 0. The van der Waals surface area contributed by atoms with Crippen molar-refractivity contribution in [3.05, 3.63) is 35.9 Å². The Morgan fingerprint density at radius 2 is 1.65 bits per heavy atom. The molecule has 2 nitrogen and oxygen atoms in total. The molecule has 96 valence electrons. The van der Waals surface area contributed by atoms with Gasteiger partial charge < -0.3 is 28.5 Å². The Morgan fingerprint density at radius 1 is 1.06 bits per heavy atom. The predicted molar refractivity (Wildman–Crippen MR) is 68.4 cm³/mol. The van der Waals surface area contributed by atoms with Crippen LogP contribution in [-0.2, 0) is 6.42 Å². The average molecular weight is 346 g/mol. The van der Waals surface area contributed by atoms with Crippen LogP contribution in [0, 0.1) is 0 Å². The van der Waals surface area contributed by atoms with Gasteiger partial charge in [0.05, 0.1) is 27.2 Å². The van der Waals surface area contributed by atoms with Crippen molar-refractivity contribution in [2.75, 3.05) is 46.8 Å². The summed E-state index contributed by atoms with van der Waals surface area (Å²) in [6, 6.07) is 10.8. The Bertz CT molecular complexity index is 314. The summed E-state index contributed by atoms with van der Waals surface area (Å²) in [7, 11) is 4.66. The van der Waals surface area contributed by atoms with E-state index in [0.717, 1.165) is 0 Å². The number of hydrogen-bond acceptors (Lipinski definition) is 1. The van der Waals surface area contributed by atoms with Gasteiger partial charge >= 0.3 is 0 Å². The van der Waals surface area contributed by atoms with E-state index < -0.39 is 0 Å². The second-order valence-corrected chi connectivity index (χ2v) is 5.46. The second-order valence-electron chi connectivity index (χ2n) is 5.46. The molecule has 0 spiro atoms. The summed E-state index contributed by atoms with van der Waals surface area (Å²) in [6.07, 6.45) is 1.19. The number of rotatable bonds is 3. The molecular weight excluding hydrogens is 323 g/mol. The minimum absolute atomic E-state index is 0. The molecule has 1 aromatic rings. The number of benzene rings is 1. The van der Waals surface area contributed by atoms with Crippen molar-refractivity contribution < 1.29 is 28.5 Å². The fraction of sp³-hybridized carbons (Fsp3) is 0.571. The maximum Gasteiger partial charge on any atom is 0.0912 e. The van der Waals surface area contributed by atoms with Gasteiger partial charge in [0.1, 0.15) is 0 Å². The molecule has 0 amide bonds. The van der Waals surface area contributed by atoms with Crippen molar-refractivity contribution in [1.29, 1.82) is 0 Å². The van der Waals surface area contributed by atoms with Crippen molar-refractivity contribution in [2.45, 2.75) is 6.42 Å². The Kier molecular flexibility index (Phi) is 5.89. The van der Waals surface area contributed by atoms with Crippen LogP contribution in [-0.4, -0.2) is 56.2 Å². The van der Waals surface area contributed by atoms with Crippen LogP contribution in [0.5, 0.6) is 0 Å². The third-order valence-electron chi connectivity index (χ3n) is 3.60.